The van der Waals surface area contributed by atoms with E-state index in [1.165, 1.54) is 11.3 Å². The fourth-order valence-electron chi connectivity index (χ4n) is 3.77. The highest BCUT2D eigenvalue weighted by molar-refractivity contribution is 7.16. The Bertz CT molecular complexity index is 1600. The first-order valence-electron chi connectivity index (χ1n) is 10.2. The summed E-state index contributed by atoms with van der Waals surface area (Å²) in [5.74, 6) is -0.350. The second-order valence-electron chi connectivity index (χ2n) is 7.37. The first-order chi connectivity index (χ1) is 16.0. The van der Waals surface area contributed by atoms with Gasteiger partial charge in [0.15, 0.2) is 4.80 Å². The molecule has 0 bridgehead atoms. The SMILES string of the molecule is C=CCn1c(=NC(=O)c2cc(-c3ccccc3)nc3ccccc23)sc2cc(Cl)cc(Cl)c21. The van der Waals surface area contributed by atoms with E-state index < -0.39 is 0 Å². The lowest BCUT2D eigenvalue weighted by Crippen LogP contribution is -2.16. The third-order valence-corrected chi connectivity index (χ3v) is 6.75. The molecule has 5 aromatic rings. The molecule has 0 aliphatic carbocycles. The number of hydrogen-bond donors (Lipinski definition) is 0. The number of amides is 1. The molecule has 0 aliphatic heterocycles. The molecule has 2 aromatic heterocycles. The highest BCUT2D eigenvalue weighted by atomic mass is 35.5. The summed E-state index contributed by atoms with van der Waals surface area (Å²) in [6.45, 7) is 4.29. The van der Waals surface area contributed by atoms with Crippen molar-refractivity contribution in [1.29, 1.82) is 0 Å². The van der Waals surface area contributed by atoms with Gasteiger partial charge in [0, 0.05) is 22.5 Å². The van der Waals surface area contributed by atoms with Gasteiger partial charge in [-0.05, 0) is 24.3 Å². The molecule has 0 spiro atoms. The zero-order valence-corrected chi connectivity index (χ0v) is 19.7. The van der Waals surface area contributed by atoms with Crippen LogP contribution in [0.5, 0.6) is 0 Å². The summed E-state index contributed by atoms with van der Waals surface area (Å²) in [5, 5.41) is 1.79. The molecular formula is C26H17Cl2N3OS. The van der Waals surface area contributed by atoms with E-state index in [0.29, 0.717) is 27.0 Å². The Morgan fingerprint density at radius 2 is 1.82 bits per heavy atom. The highest BCUT2D eigenvalue weighted by Crippen LogP contribution is 2.30. The maximum Gasteiger partial charge on any atom is 0.280 e. The van der Waals surface area contributed by atoms with Gasteiger partial charge in [0.2, 0.25) is 0 Å². The number of fused-ring (bicyclic) bond motifs is 2. The predicted octanol–water partition coefficient (Wildman–Crippen LogP) is 7.15. The number of aromatic nitrogens is 2. The number of thiazole rings is 1. The van der Waals surface area contributed by atoms with Crippen LogP contribution in [0.3, 0.4) is 0 Å². The number of allylic oxidation sites excluding steroid dienone is 1. The maximum atomic E-state index is 13.5. The highest BCUT2D eigenvalue weighted by Gasteiger charge is 2.16. The van der Waals surface area contributed by atoms with Crippen LogP contribution in [0.25, 0.3) is 32.4 Å². The zero-order valence-electron chi connectivity index (χ0n) is 17.3. The fraction of sp³-hybridized carbons (Fsp3) is 0.0385. The van der Waals surface area contributed by atoms with E-state index in [-0.39, 0.29) is 5.91 Å². The number of halogens is 2. The van der Waals surface area contributed by atoms with E-state index in [2.05, 4.69) is 11.6 Å². The molecule has 0 radical (unpaired) electrons. The Morgan fingerprint density at radius 3 is 2.61 bits per heavy atom. The molecule has 0 fully saturated rings. The molecule has 0 saturated heterocycles. The number of carbonyl (C=O) groups is 1. The summed E-state index contributed by atoms with van der Waals surface area (Å²) in [6.07, 6.45) is 1.75. The van der Waals surface area contributed by atoms with Gasteiger partial charge in [-0.15, -0.1) is 6.58 Å². The summed E-state index contributed by atoms with van der Waals surface area (Å²) in [5.41, 5.74) is 3.66. The van der Waals surface area contributed by atoms with E-state index >= 15 is 0 Å². The standard InChI is InChI=1S/C26H17Cl2N3OS/c1-2-12-31-24-20(28)13-17(27)14-23(24)33-26(31)30-25(32)19-15-22(16-8-4-3-5-9-16)29-21-11-7-6-10-18(19)21/h2-11,13-15H,1,12H2. The number of para-hydroxylation sites is 1. The molecule has 7 heteroatoms. The van der Waals surface area contributed by atoms with Crippen LogP contribution in [0.2, 0.25) is 10.0 Å². The monoisotopic (exact) mass is 489 g/mol. The molecule has 0 N–H and O–H groups in total. The van der Waals surface area contributed by atoms with Gasteiger partial charge in [0.05, 0.1) is 32.0 Å². The molecular weight excluding hydrogens is 473 g/mol. The Balaban J connectivity index is 1.73. The van der Waals surface area contributed by atoms with Crippen molar-refractivity contribution in [2.75, 3.05) is 0 Å². The van der Waals surface area contributed by atoms with Crippen LogP contribution in [0.1, 0.15) is 10.4 Å². The van der Waals surface area contributed by atoms with Gasteiger partial charge < -0.3 is 4.57 Å². The second kappa shape index (κ2) is 8.94. The Kier molecular flexibility index (Phi) is 5.85. The minimum Gasteiger partial charge on any atom is -0.311 e. The van der Waals surface area contributed by atoms with Gasteiger partial charge in [-0.25, -0.2) is 4.98 Å². The molecule has 5 rings (SSSR count). The number of benzene rings is 3. The van der Waals surface area contributed by atoms with Crippen molar-refractivity contribution in [3.63, 3.8) is 0 Å². The van der Waals surface area contributed by atoms with Crippen molar-refractivity contribution in [2.45, 2.75) is 6.54 Å². The molecule has 4 nitrogen and oxygen atoms in total. The largest absolute Gasteiger partial charge is 0.311 e. The summed E-state index contributed by atoms with van der Waals surface area (Å²) in [6, 6.07) is 22.7. The Morgan fingerprint density at radius 1 is 1.06 bits per heavy atom. The quantitative estimate of drug-likeness (QED) is 0.251. The van der Waals surface area contributed by atoms with Crippen LogP contribution >= 0.6 is 34.5 Å². The summed E-state index contributed by atoms with van der Waals surface area (Å²) >= 11 is 14.0. The normalized spacial score (nSPS) is 11.9. The molecule has 2 heterocycles. The maximum absolute atomic E-state index is 13.5. The van der Waals surface area contributed by atoms with E-state index in [4.69, 9.17) is 28.2 Å². The second-order valence-corrected chi connectivity index (χ2v) is 9.23. The summed E-state index contributed by atoms with van der Waals surface area (Å²) < 4.78 is 2.73. The minimum atomic E-state index is -0.350. The molecule has 0 unspecified atom stereocenters. The Labute approximate surface area is 204 Å². The van der Waals surface area contributed by atoms with Gasteiger partial charge >= 0.3 is 0 Å². The summed E-state index contributed by atoms with van der Waals surface area (Å²) in [7, 11) is 0. The average Bonchev–Trinajstić information content (AvgIpc) is 3.15. The van der Waals surface area contributed by atoms with Crippen molar-refractivity contribution in [3.8, 4) is 11.3 Å². The number of rotatable bonds is 4. The average molecular weight is 490 g/mol. The van der Waals surface area contributed by atoms with Crippen LogP contribution in [-0.4, -0.2) is 15.5 Å². The molecule has 0 saturated carbocycles. The molecule has 162 valence electrons. The molecule has 0 atom stereocenters. The first kappa shape index (κ1) is 21.6. The molecule has 3 aromatic carbocycles. The van der Waals surface area contributed by atoms with Crippen molar-refractivity contribution >= 4 is 61.6 Å². The van der Waals surface area contributed by atoms with E-state index in [0.717, 1.165) is 32.4 Å². The predicted molar refractivity (Wildman–Crippen MR) is 137 cm³/mol. The van der Waals surface area contributed by atoms with Gasteiger partial charge in [0.1, 0.15) is 0 Å². The van der Waals surface area contributed by atoms with Crippen molar-refractivity contribution in [3.05, 3.63) is 106 Å². The van der Waals surface area contributed by atoms with Crippen molar-refractivity contribution in [1.82, 2.24) is 9.55 Å². The Hall–Kier alpha value is -3.25. The van der Waals surface area contributed by atoms with Gasteiger partial charge in [-0.2, -0.15) is 4.99 Å². The van der Waals surface area contributed by atoms with Crippen LogP contribution in [0.15, 0.2) is 90.4 Å². The van der Waals surface area contributed by atoms with E-state index in [1.54, 1.807) is 18.2 Å². The minimum absolute atomic E-state index is 0.350. The smallest absolute Gasteiger partial charge is 0.280 e. The van der Waals surface area contributed by atoms with E-state index in [9.17, 15) is 4.79 Å². The van der Waals surface area contributed by atoms with Crippen molar-refractivity contribution < 1.29 is 4.79 Å². The van der Waals surface area contributed by atoms with E-state index in [1.807, 2.05) is 65.2 Å². The lowest BCUT2D eigenvalue weighted by Gasteiger charge is -2.08. The third-order valence-electron chi connectivity index (χ3n) is 5.22. The summed E-state index contributed by atoms with van der Waals surface area (Å²) in [4.78, 5) is 23.3. The molecule has 1 amide bonds. The number of pyridine rings is 1. The van der Waals surface area contributed by atoms with Gasteiger partial charge in [0.25, 0.3) is 5.91 Å². The van der Waals surface area contributed by atoms with Crippen LogP contribution in [-0.2, 0) is 6.54 Å². The molecule has 0 aliphatic rings. The third kappa shape index (κ3) is 4.11. The number of hydrogen-bond acceptors (Lipinski definition) is 3. The van der Waals surface area contributed by atoms with Crippen molar-refractivity contribution in [2.24, 2.45) is 4.99 Å². The van der Waals surface area contributed by atoms with Crippen LogP contribution in [0.4, 0.5) is 0 Å². The number of nitrogens with zero attached hydrogens (tertiary/aromatic N) is 3. The lowest BCUT2D eigenvalue weighted by molar-refractivity contribution is 0.0999. The fourth-order valence-corrected chi connectivity index (χ4v) is 5.59. The van der Waals surface area contributed by atoms with Gasteiger partial charge in [-0.1, -0.05) is 89.1 Å². The lowest BCUT2D eigenvalue weighted by atomic mass is 10.0. The topological polar surface area (TPSA) is 47.2 Å². The zero-order chi connectivity index (χ0) is 22.9. The molecule has 33 heavy (non-hydrogen) atoms. The van der Waals surface area contributed by atoms with Gasteiger partial charge in [-0.3, -0.25) is 4.79 Å². The van der Waals surface area contributed by atoms with Crippen LogP contribution in [0, 0.1) is 0 Å². The first-order valence-corrected chi connectivity index (χ1v) is 11.8. The van der Waals surface area contributed by atoms with Crippen LogP contribution < -0.4 is 4.80 Å². The number of carbonyl (C=O) groups excluding carboxylic acids is 1.